The van der Waals surface area contributed by atoms with Gasteiger partial charge in [0.1, 0.15) is 12.4 Å². The topological polar surface area (TPSA) is 32.7 Å². The summed E-state index contributed by atoms with van der Waals surface area (Å²) in [5.41, 5.74) is -0.532. The van der Waals surface area contributed by atoms with Crippen molar-refractivity contribution in [3.8, 4) is 5.75 Å². The van der Waals surface area contributed by atoms with Crippen LogP contribution in [0.3, 0.4) is 0 Å². The quantitative estimate of drug-likeness (QED) is 0.895. The Bertz CT molecular complexity index is 381. The predicted octanol–water partition coefficient (Wildman–Crippen LogP) is 2.18. The van der Waals surface area contributed by atoms with E-state index in [1.807, 2.05) is 31.2 Å². The summed E-state index contributed by atoms with van der Waals surface area (Å²) in [5.74, 6) is 0.795. The first-order valence-electron chi connectivity index (χ1n) is 5.88. The smallest absolute Gasteiger partial charge is 0.120 e. The van der Waals surface area contributed by atoms with Crippen molar-refractivity contribution >= 4 is 11.6 Å². The van der Waals surface area contributed by atoms with Gasteiger partial charge in [0.05, 0.1) is 5.60 Å². The summed E-state index contributed by atoms with van der Waals surface area (Å²) in [6.07, 6.45) is 0.837. The first-order chi connectivity index (χ1) is 8.05. The number of rotatable bonds is 4. The number of nitrogens with zero attached hydrogens (tertiary/aromatic N) is 1. The molecular weight excluding hydrogens is 238 g/mol. The molecule has 1 heterocycles. The molecule has 1 N–H and O–H groups in total. The Balaban J connectivity index is 1.73. The number of benzene rings is 1. The zero-order chi connectivity index (χ0) is 12.3. The molecule has 1 aromatic rings. The summed E-state index contributed by atoms with van der Waals surface area (Å²) >= 11 is 5.86. The van der Waals surface area contributed by atoms with Crippen LogP contribution in [0.2, 0.25) is 5.02 Å². The van der Waals surface area contributed by atoms with E-state index in [9.17, 15) is 5.11 Å². The fraction of sp³-hybridized carbons (Fsp3) is 0.538. The summed E-state index contributed by atoms with van der Waals surface area (Å²) in [6.45, 7) is 5.00. The molecular formula is C13H18ClNO2. The van der Waals surface area contributed by atoms with Crippen molar-refractivity contribution in [1.82, 2.24) is 4.90 Å². The fourth-order valence-corrected chi connectivity index (χ4v) is 2.26. The van der Waals surface area contributed by atoms with Crippen LogP contribution in [-0.2, 0) is 0 Å². The molecule has 1 aliphatic heterocycles. The zero-order valence-electron chi connectivity index (χ0n) is 10.0. The highest BCUT2D eigenvalue weighted by molar-refractivity contribution is 6.30. The van der Waals surface area contributed by atoms with Gasteiger partial charge in [-0.25, -0.2) is 0 Å². The molecule has 4 heteroatoms. The van der Waals surface area contributed by atoms with Crippen molar-refractivity contribution in [2.45, 2.75) is 18.9 Å². The van der Waals surface area contributed by atoms with Gasteiger partial charge in [-0.15, -0.1) is 0 Å². The van der Waals surface area contributed by atoms with E-state index in [-0.39, 0.29) is 0 Å². The van der Waals surface area contributed by atoms with Crippen LogP contribution in [0.5, 0.6) is 5.75 Å². The lowest BCUT2D eigenvalue weighted by molar-refractivity contribution is 0.0670. The van der Waals surface area contributed by atoms with E-state index in [2.05, 4.69) is 4.90 Å². The van der Waals surface area contributed by atoms with Gasteiger partial charge in [-0.3, -0.25) is 4.90 Å². The molecule has 1 aliphatic rings. The van der Waals surface area contributed by atoms with Crippen LogP contribution in [0.4, 0.5) is 0 Å². The molecule has 1 fully saturated rings. The van der Waals surface area contributed by atoms with Gasteiger partial charge in [-0.2, -0.15) is 0 Å². The monoisotopic (exact) mass is 255 g/mol. The van der Waals surface area contributed by atoms with Crippen molar-refractivity contribution in [3.05, 3.63) is 29.3 Å². The normalized spacial score (nSPS) is 25.1. The van der Waals surface area contributed by atoms with Crippen LogP contribution in [0, 0.1) is 0 Å². The maximum absolute atomic E-state index is 9.82. The highest BCUT2D eigenvalue weighted by Gasteiger charge is 2.30. The van der Waals surface area contributed by atoms with E-state index in [0.29, 0.717) is 11.6 Å². The second kappa shape index (κ2) is 5.25. The molecule has 1 saturated heterocycles. The fourth-order valence-electron chi connectivity index (χ4n) is 2.08. The Hall–Kier alpha value is -0.770. The zero-order valence-corrected chi connectivity index (χ0v) is 10.8. The lowest BCUT2D eigenvalue weighted by Gasteiger charge is -2.18. The van der Waals surface area contributed by atoms with Gasteiger partial charge in [0, 0.05) is 24.7 Å². The van der Waals surface area contributed by atoms with Gasteiger partial charge in [-0.05, 0) is 31.5 Å². The summed E-state index contributed by atoms with van der Waals surface area (Å²) in [4.78, 5) is 2.21. The average Bonchev–Trinajstić information content (AvgIpc) is 2.58. The molecule has 0 amide bonds. The number of hydrogen-bond acceptors (Lipinski definition) is 3. The van der Waals surface area contributed by atoms with Crippen LogP contribution < -0.4 is 4.74 Å². The SMILES string of the molecule is CC1(O)CCN(CCOc2cccc(Cl)c2)C1. The predicted molar refractivity (Wildman–Crippen MR) is 68.6 cm³/mol. The maximum Gasteiger partial charge on any atom is 0.120 e. The Kier molecular flexibility index (Phi) is 3.92. The molecule has 0 saturated carbocycles. The Morgan fingerprint density at radius 1 is 1.53 bits per heavy atom. The van der Waals surface area contributed by atoms with Crippen molar-refractivity contribution in [1.29, 1.82) is 0 Å². The second-order valence-electron chi connectivity index (χ2n) is 4.83. The number of aliphatic hydroxyl groups is 1. The Morgan fingerprint density at radius 3 is 3.00 bits per heavy atom. The van der Waals surface area contributed by atoms with Crippen molar-refractivity contribution < 1.29 is 9.84 Å². The summed E-state index contributed by atoms with van der Waals surface area (Å²) in [5, 5.41) is 10.5. The summed E-state index contributed by atoms with van der Waals surface area (Å²) < 4.78 is 5.61. The largest absolute Gasteiger partial charge is 0.492 e. The van der Waals surface area contributed by atoms with E-state index in [1.165, 1.54) is 0 Å². The van der Waals surface area contributed by atoms with E-state index >= 15 is 0 Å². The summed E-state index contributed by atoms with van der Waals surface area (Å²) in [6, 6.07) is 7.40. The van der Waals surface area contributed by atoms with Crippen molar-refractivity contribution in [2.75, 3.05) is 26.2 Å². The van der Waals surface area contributed by atoms with Crippen LogP contribution >= 0.6 is 11.6 Å². The molecule has 2 rings (SSSR count). The van der Waals surface area contributed by atoms with Gasteiger partial charge >= 0.3 is 0 Å². The molecule has 17 heavy (non-hydrogen) atoms. The minimum Gasteiger partial charge on any atom is -0.492 e. The van der Waals surface area contributed by atoms with Crippen molar-refractivity contribution in [2.24, 2.45) is 0 Å². The number of halogens is 1. The maximum atomic E-state index is 9.82. The number of ether oxygens (including phenoxy) is 1. The molecule has 1 aromatic carbocycles. The standard InChI is InChI=1S/C13H18ClNO2/c1-13(16)5-6-15(10-13)7-8-17-12-4-2-3-11(14)9-12/h2-4,9,16H,5-8,10H2,1H3. The van der Waals surface area contributed by atoms with E-state index < -0.39 is 5.60 Å². The second-order valence-corrected chi connectivity index (χ2v) is 5.27. The third kappa shape index (κ3) is 3.87. The van der Waals surface area contributed by atoms with Crippen LogP contribution in [-0.4, -0.2) is 41.8 Å². The van der Waals surface area contributed by atoms with Crippen LogP contribution in [0.25, 0.3) is 0 Å². The molecule has 0 bridgehead atoms. The van der Waals surface area contributed by atoms with Gasteiger partial charge in [-0.1, -0.05) is 17.7 Å². The van der Waals surface area contributed by atoms with E-state index in [0.717, 1.165) is 31.8 Å². The highest BCUT2D eigenvalue weighted by atomic mass is 35.5. The third-order valence-corrected chi connectivity index (χ3v) is 3.24. The number of hydrogen-bond donors (Lipinski definition) is 1. The van der Waals surface area contributed by atoms with Crippen LogP contribution in [0.15, 0.2) is 24.3 Å². The first kappa shape index (κ1) is 12.7. The van der Waals surface area contributed by atoms with Gasteiger partial charge in [0.15, 0.2) is 0 Å². The lowest BCUT2D eigenvalue weighted by Crippen LogP contribution is -2.32. The Labute approximate surface area is 107 Å². The average molecular weight is 256 g/mol. The first-order valence-corrected chi connectivity index (χ1v) is 6.26. The lowest BCUT2D eigenvalue weighted by atomic mass is 10.1. The minimum atomic E-state index is -0.532. The summed E-state index contributed by atoms with van der Waals surface area (Å²) in [7, 11) is 0. The molecule has 1 unspecified atom stereocenters. The number of likely N-dealkylation sites (tertiary alicyclic amines) is 1. The Morgan fingerprint density at radius 2 is 2.35 bits per heavy atom. The number of β-amino-alcohol motifs (C(OH)–C–C–N with tert-alkyl or cyclic N) is 1. The highest BCUT2D eigenvalue weighted by Crippen LogP contribution is 2.20. The molecule has 0 aliphatic carbocycles. The molecule has 0 spiro atoms. The van der Waals surface area contributed by atoms with Gasteiger partial charge in [0.2, 0.25) is 0 Å². The molecule has 94 valence electrons. The van der Waals surface area contributed by atoms with Gasteiger partial charge in [0.25, 0.3) is 0 Å². The van der Waals surface area contributed by atoms with E-state index in [1.54, 1.807) is 0 Å². The minimum absolute atomic E-state index is 0.532. The van der Waals surface area contributed by atoms with E-state index in [4.69, 9.17) is 16.3 Å². The molecule has 0 aromatic heterocycles. The van der Waals surface area contributed by atoms with Crippen molar-refractivity contribution in [3.63, 3.8) is 0 Å². The molecule has 3 nitrogen and oxygen atoms in total. The van der Waals surface area contributed by atoms with Gasteiger partial charge < -0.3 is 9.84 Å². The van der Waals surface area contributed by atoms with Crippen LogP contribution in [0.1, 0.15) is 13.3 Å². The third-order valence-electron chi connectivity index (χ3n) is 3.00. The molecule has 1 atom stereocenters. The molecule has 0 radical (unpaired) electrons.